The van der Waals surface area contributed by atoms with Gasteiger partial charge in [-0.2, -0.15) is 0 Å². The predicted molar refractivity (Wildman–Crippen MR) is 148 cm³/mol. The van der Waals surface area contributed by atoms with Gasteiger partial charge in [0.25, 0.3) is 5.91 Å². The maximum Gasteiger partial charge on any atom is 0.407 e. The normalized spacial score (nSPS) is 15.9. The van der Waals surface area contributed by atoms with Crippen LogP contribution in [0.2, 0.25) is 0 Å². The summed E-state index contributed by atoms with van der Waals surface area (Å²) in [6.07, 6.45) is 0.211. The molecular weight excluding hydrogens is 518 g/mol. The molecule has 40 heavy (non-hydrogen) atoms. The largest absolute Gasteiger partial charge is 0.497 e. The summed E-state index contributed by atoms with van der Waals surface area (Å²) in [7, 11) is 1.52. The highest BCUT2D eigenvalue weighted by Crippen LogP contribution is 2.29. The summed E-state index contributed by atoms with van der Waals surface area (Å²) >= 11 is 0. The second kappa shape index (κ2) is 11.7. The minimum Gasteiger partial charge on any atom is -0.497 e. The molecule has 0 spiro atoms. The monoisotopic (exact) mass is 551 g/mol. The van der Waals surface area contributed by atoms with E-state index in [-0.39, 0.29) is 23.6 Å². The van der Waals surface area contributed by atoms with Crippen LogP contribution in [0.25, 0.3) is 11.0 Å². The number of nitrogens with one attached hydrogen (secondary N) is 2. The van der Waals surface area contributed by atoms with Crippen molar-refractivity contribution in [2.75, 3.05) is 25.1 Å². The fourth-order valence-corrected chi connectivity index (χ4v) is 4.60. The van der Waals surface area contributed by atoms with E-state index < -0.39 is 35.2 Å². The molecule has 1 fully saturated rings. The van der Waals surface area contributed by atoms with Gasteiger partial charge in [0.1, 0.15) is 23.0 Å². The lowest BCUT2D eigenvalue weighted by atomic mass is 10.0. The summed E-state index contributed by atoms with van der Waals surface area (Å²) in [5.74, 6) is -1.22. The molecule has 212 valence electrons. The van der Waals surface area contributed by atoms with Crippen molar-refractivity contribution in [1.29, 1.82) is 0 Å². The smallest absolute Gasteiger partial charge is 0.407 e. The predicted octanol–water partition coefficient (Wildman–Crippen LogP) is 3.33. The number of hydrogen-bond acceptors (Lipinski definition) is 8. The maximum atomic E-state index is 13.0. The Morgan fingerprint density at radius 2 is 1.93 bits per heavy atom. The highest BCUT2D eigenvalue weighted by Gasteiger charge is 2.28. The van der Waals surface area contributed by atoms with Crippen LogP contribution >= 0.6 is 0 Å². The number of ether oxygens (including phenoxy) is 2. The molecule has 3 aromatic rings. The number of carboxylic acids is 1. The van der Waals surface area contributed by atoms with E-state index in [2.05, 4.69) is 10.6 Å². The van der Waals surface area contributed by atoms with Gasteiger partial charge in [-0.3, -0.25) is 4.79 Å². The molecule has 2 aromatic carbocycles. The number of benzene rings is 2. The Bertz CT molecular complexity index is 1480. The number of aliphatic carboxylic acids is 1. The lowest BCUT2D eigenvalue weighted by molar-refractivity contribution is -0.139. The Morgan fingerprint density at radius 3 is 2.62 bits per heavy atom. The molecule has 1 aliphatic rings. The highest BCUT2D eigenvalue weighted by molar-refractivity contribution is 6.01. The molecule has 1 aromatic heterocycles. The first-order valence-corrected chi connectivity index (χ1v) is 12.9. The van der Waals surface area contributed by atoms with Crippen LogP contribution in [0, 0.1) is 0 Å². The van der Waals surface area contributed by atoms with Crippen LogP contribution in [0.4, 0.5) is 10.5 Å². The zero-order chi connectivity index (χ0) is 29.0. The number of amides is 2. The number of anilines is 1. The first-order chi connectivity index (χ1) is 18.9. The van der Waals surface area contributed by atoms with Crippen LogP contribution in [0.5, 0.6) is 5.75 Å². The first kappa shape index (κ1) is 28.5. The number of fused-ring (bicyclic) bond motifs is 1. The fraction of sp³-hybridized carbons (Fsp3) is 0.379. The van der Waals surface area contributed by atoms with E-state index in [0.29, 0.717) is 41.9 Å². The van der Waals surface area contributed by atoms with Gasteiger partial charge in [0.2, 0.25) is 0 Å². The summed E-state index contributed by atoms with van der Waals surface area (Å²) in [6, 6.07) is 11.6. The van der Waals surface area contributed by atoms with Gasteiger partial charge >= 0.3 is 17.7 Å². The Morgan fingerprint density at radius 1 is 1.15 bits per heavy atom. The lowest BCUT2D eigenvalue weighted by Crippen LogP contribution is -2.42. The van der Waals surface area contributed by atoms with E-state index in [1.165, 1.54) is 19.2 Å². The van der Waals surface area contributed by atoms with E-state index in [4.69, 9.17) is 13.9 Å². The molecule has 2 heterocycles. The van der Waals surface area contributed by atoms with Crippen molar-refractivity contribution in [2.24, 2.45) is 0 Å². The Balaban J connectivity index is 1.50. The van der Waals surface area contributed by atoms with E-state index in [1.807, 2.05) is 4.90 Å². The Labute approximate surface area is 231 Å². The van der Waals surface area contributed by atoms with Crippen LogP contribution in [0.15, 0.2) is 57.7 Å². The van der Waals surface area contributed by atoms with Crippen molar-refractivity contribution in [3.63, 3.8) is 0 Å². The minimum atomic E-state index is -1.19. The molecule has 3 N–H and O–H groups in total. The number of nitrogens with zero attached hydrogens (tertiary/aromatic N) is 1. The molecule has 2 amide bonds. The first-order valence-electron chi connectivity index (χ1n) is 12.9. The van der Waals surface area contributed by atoms with Crippen LogP contribution in [-0.4, -0.2) is 61.0 Å². The van der Waals surface area contributed by atoms with E-state index in [0.717, 1.165) is 0 Å². The number of carbonyl (C=O) groups excluding carboxylic acids is 2. The van der Waals surface area contributed by atoms with Crippen molar-refractivity contribution in [3.8, 4) is 5.75 Å². The van der Waals surface area contributed by atoms with E-state index >= 15 is 0 Å². The van der Waals surface area contributed by atoms with Gasteiger partial charge in [-0.1, -0.05) is 12.1 Å². The topological polar surface area (TPSA) is 147 Å². The summed E-state index contributed by atoms with van der Waals surface area (Å²) < 4.78 is 15.9. The van der Waals surface area contributed by atoms with Crippen LogP contribution in [0.1, 0.15) is 43.1 Å². The zero-order valence-corrected chi connectivity index (χ0v) is 22.9. The Kier molecular flexibility index (Phi) is 8.32. The van der Waals surface area contributed by atoms with Crippen molar-refractivity contribution < 1.29 is 33.4 Å². The van der Waals surface area contributed by atoms with Crippen molar-refractivity contribution in [2.45, 2.75) is 51.3 Å². The molecule has 1 unspecified atom stereocenters. The average molecular weight is 552 g/mol. The lowest BCUT2D eigenvalue weighted by Gasteiger charge is -2.23. The average Bonchev–Trinajstić information content (AvgIpc) is 3.34. The number of carboxylic acid groups (broad SMARTS) is 1. The highest BCUT2D eigenvalue weighted by atomic mass is 16.6. The third-order valence-corrected chi connectivity index (χ3v) is 6.41. The quantitative estimate of drug-likeness (QED) is 0.359. The molecule has 4 rings (SSSR count). The summed E-state index contributed by atoms with van der Waals surface area (Å²) in [4.78, 5) is 51.5. The molecular formula is C29H33N3O8. The van der Waals surface area contributed by atoms with Crippen molar-refractivity contribution in [1.82, 2.24) is 10.6 Å². The van der Waals surface area contributed by atoms with Crippen LogP contribution in [0.3, 0.4) is 0 Å². The van der Waals surface area contributed by atoms with Crippen molar-refractivity contribution >= 4 is 34.6 Å². The van der Waals surface area contributed by atoms with E-state index in [9.17, 15) is 24.3 Å². The van der Waals surface area contributed by atoms with Gasteiger partial charge in [-0.05, 0) is 63.1 Å². The van der Waals surface area contributed by atoms with Gasteiger partial charge < -0.3 is 34.5 Å². The van der Waals surface area contributed by atoms with Gasteiger partial charge in [0, 0.05) is 36.5 Å². The zero-order valence-electron chi connectivity index (χ0n) is 22.9. The Hall–Kier alpha value is -4.54. The number of rotatable bonds is 8. The molecule has 0 saturated carbocycles. The number of alkyl carbamates (subject to hydrolysis) is 1. The minimum absolute atomic E-state index is 0.0541. The third kappa shape index (κ3) is 7.10. The molecule has 11 nitrogen and oxygen atoms in total. The molecule has 0 aliphatic carbocycles. The third-order valence-electron chi connectivity index (χ3n) is 6.41. The summed E-state index contributed by atoms with van der Waals surface area (Å²) in [5.41, 5.74) is 0.444. The van der Waals surface area contributed by atoms with Gasteiger partial charge in [-0.25, -0.2) is 14.4 Å². The molecule has 1 aliphatic heterocycles. The molecule has 1 saturated heterocycles. The summed E-state index contributed by atoms with van der Waals surface area (Å²) in [6.45, 7) is 6.43. The molecule has 2 atom stereocenters. The second-order valence-corrected chi connectivity index (χ2v) is 10.7. The SMILES string of the molecule is COc1cccc(C[C@@H](NC(=O)c2ccc3c(N4CCC(NC(=O)OC(C)(C)C)C4)cc(=O)oc3c2)C(=O)O)c1. The van der Waals surface area contributed by atoms with Gasteiger partial charge in [0.05, 0.1) is 18.8 Å². The van der Waals surface area contributed by atoms with Gasteiger partial charge in [0.15, 0.2) is 0 Å². The number of carbonyl (C=O) groups is 3. The van der Waals surface area contributed by atoms with Crippen molar-refractivity contribution in [3.05, 3.63) is 70.1 Å². The summed E-state index contributed by atoms with van der Waals surface area (Å²) in [5, 5.41) is 15.7. The fourth-order valence-electron chi connectivity index (χ4n) is 4.60. The second-order valence-electron chi connectivity index (χ2n) is 10.7. The molecule has 0 bridgehead atoms. The molecule has 0 radical (unpaired) electrons. The van der Waals surface area contributed by atoms with Crippen LogP contribution in [-0.2, 0) is 16.0 Å². The maximum absolute atomic E-state index is 13.0. The van der Waals surface area contributed by atoms with Crippen LogP contribution < -0.4 is 25.9 Å². The molecule has 11 heteroatoms. The number of hydrogen-bond donors (Lipinski definition) is 3. The van der Waals surface area contributed by atoms with E-state index in [1.54, 1.807) is 57.2 Å². The van der Waals surface area contributed by atoms with Gasteiger partial charge in [-0.15, -0.1) is 0 Å². The standard InChI is InChI=1S/C29H33N3O8/c1-29(2,3)40-28(37)30-19-10-11-32(16-19)23-15-25(33)39-24-14-18(8-9-21(23)24)26(34)31-22(27(35)36)13-17-6-5-7-20(12-17)38-4/h5-9,12,14-15,19,22H,10-11,13,16H2,1-4H3,(H,30,37)(H,31,34)(H,35,36)/t19?,22-/m1/s1. The number of methoxy groups -OCH3 is 1.